The highest BCUT2D eigenvalue weighted by molar-refractivity contribution is 9.11. The van der Waals surface area contributed by atoms with Crippen molar-refractivity contribution in [2.45, 2.75) is 6.61 Å². The van der Waals surface area contributed by atoms with Crippen LogP contribution in [0.15, 0.2) is 75.2 Å². The van der Waals surface area contributed by atoms with Crippen LogP contribution in [-0.2, 0) is 16.2 Å². The van der Waals surface area contributed by atoms with E-state index in [2.05, 4.69) is 37.2 Å². The van der Waals surface area contributed by atoms with Gasteiger partial charge in [0.25, 0.3) is 17.5 Å². The third kappa shape index (κ3) is 5.34. The fourth-order valence-electron chi connectivity index (χ4n) is 3.35. The molecule has 0 aromatic heterocycles. The van der Waals surface area contributed by atoms with E-state index in [1.807, 2.05) is 0 Å². The molecule has 4 amide bonds. The average Bonchev–Trinajstić information content (AvgIpc) is 2.82. The minimum absolute atomic E-state index is 0.0460. The molecular weight excluding hydrogens is 605 g/mol. The van der Waals surface area contributed by atoms with Gasteiger partial charge in [-0.05, 0) is 64.0 Å². The molecule has 1 aliphatic rings. The number of hydrogen-bond acceptors (Lipinski definition) is 6. The lowest BCUT2D eigenvalue weighted by atomic mass is 10.1. The Morgan fingerprint density at radius 2 is 1.69 bits per heavy atom. The summed E-state index contributed by atoms with van der Waals surface area (Å²) in [6.45, 7) is 0.0736. The highest BCUT2D eigenvalue weighted by atomic mass is 79.9. The van der Waals surface area contributed by atoms with Gasteiger partial charge in [-0.2, -0.15) is 0 Å². The fraction of sp³-hybridized carbons (Fsp3) is 0.0417. The molecule has 9 nitrogen and oxygen atoms in total. The summed E-state index contributed by atoms with van der Waals surface area (Å²) in [6, 6.07) is 12.8. The molecule has 0 spiro atoms. The lowest BCUT2D eigenvalue weighted by molar-refractivity contribution is -0.384. The van der Waals surface area contributed by atoms with Crippen LogP contribution in [0.2, 0.25) is 0 Å². The van der Waals surface area contributed by atoms with E-state index in [4.69, 9.17) is 4.74 Å². The van der Waals surface area contributed by atoms with Crippen molar-refractivity contribution in [2.24, 2.45) is 0 Å². The van der Waals surface area contributed by atoms with Crippen LogP contribution in [-0.4, -0.2) is 22.8 Å². The molecule has 36 heavy (non-hydrogen) atoms. The minimum Gasteiger partial charge on any atom is -0.487 e. The molecule has 1 fully saturated rings. The van der Waals surface area contributed by atoms with Crippen LogP contribution >= 0.6 is 31.9 Å². The zero-order valence-corrected chi connectivity index (χ0v) is 21.2. The third-order valence-corrected chi connectivity index (χ3v) is 6.10. The quantitative estimate of drug-likeness (QED) is 0.169. The van der Waals surface area contributed by atoms with E-state index in [-0.39, 0.29) is 29.4 Å². The van der Waals surface area contributed by atoms with Crippen molar-refractivity contribution in [3.05, 3.63) is 102 Å². The van der Waals surface area contributed by atoms with Gasteiger partial charge in [-0.1, -0.05) is 28.1 Å². The first-order valence-corrected chi connectivity index (χ1v) is 11.7. The Morgan fingerprint density at radius 3 is 2.33 bits per heavy atom. The summed E-state index contributed by atoms with van der Waals surface area (Å²) in [5.74, 6) is -1.92. The molecule has 3 aromatic carbocycles. The van der Waals surface area contributed by atoms with E-state index >= 15 is 0 Å². The zero-order chi connectivity index (χ0) is 26.0. The SMILES string of the molecule is O=C1NC(=O)N(c2ccc([N+](=O)[O-])cc2)C(=O)/C1=C/c1cc(Br)cc(Br)c1OCc1ccc(F)cc1. The maximum absolute atomic E-state index is 13.2. The molecule has 0 bridgehead atoms. The second-order valence-corrected chi connectivity index (χ2v) is 9.22. The molecular formula is C24H14Br2FN3O6. The van der Waals surface area contributed by atoms with Crippen LogP contribution in [0.1, 0.15) is 11.1 Å². The molecule has 3 aromatic rings. The number of carbonyl (C=O) groups excluding carboxylic acids is 3. The first-order chi connectivity index (χ1) is 17.1. The van der Waals surface area contributed by atoms with E-state index in [9.17, 15) is 28.9 Å². The van der Waals surface area contributed by atoms with Crippen molar-refractivity contribution in [3.8, 4) is 5.75 Å². The molecule has 1 saturated heterocycles. The number of benzene rings is 3. The molecule has 182 valence electrons. The second-order valence-electron chi connectivity index (χ2n) is 7.45. The van der Waals surface area contributed by atoms with Gasteiger partial charge >= 0.3 is 6.03 Å². The fourth-order valence-corrected chi connectivity index (χ4v) is 4.72. The number of hydrogen-bond donors (Lipinski definition) is 1. The van der Waals surface area contributed by atoms with E-state index in [0.29, 0.717) is 30.7 Å². The lowest BCUT2D eigenvalue weighted by Crippen LogP contribution is -2.54. The number of urea groups is 1. The maximum Gasteiger partial charge on any atom is 0.335 e. The maximum atomic E-state index is 13.2. The number of nitrogens with zero attached hydrogens (tertiary/aromatic N) is 2. The predicted octanol–water partition coefficient (Wildman–Crippen LogP) is 5.50. The highest BCUT2D eigenvalue weighted by Gasteiger charge is 2.37. The van der Waals surface area contributed by atoms with E-state index < -0.39 is 22.8 Å². The van der Waals surface area contributed by atoms with Gasteiger partial charge in [0, 0.05) is 22.2 Å². The molecule has 0 saturated carbocycles. The van der Waals surface area contributed by atoms with Gasteiger partial charge in [-0.25, -0.2) is 14.1 Å². The molecule has 0 radical (unpaired) electrons. The van der Waals surface area contributed by atoms with Crippen LogP contribution in [0.25, 0.3) is 6.08 Å². The first kappa shape index (κ1) is 25.2. The minimum atomic E-state index is -0.987. The van der Waals surface area contributed by atoms with Crippen LogP contribution in [0, 0.1) is 15.9 Å². The number of non-ortho nitro benzene ring substituents is 1. The van der Waals surface area contributed by atoms with Crippen LogP contribution in [0.4, 0.5) is 20.6 Å². The summed E-state index contributed by atoms with van der Waals surface area (Å²) in [5.41, 5.74) is 0.493. The number of nitro groups is 1. The summed E-state index contributed by atoms with van der Waals surface area (Å²) in [4.78, 5) is 49.2. The van der Waals surface area contributed by atoms with E-state index in [0.717, 1.165) is 12.1 Å². The third-order valence-electron chi connectivity index (χ3n) is 5.05. The molecule has 12 heteroatoms. The molecule has 0 atom stereocenters. The smallest absolute Gasteiger partial charge is 0.335 e. The molecule has 0 aliphatic carbocycles. The topological polar surface area (TPSA) is 119 Å². The average molecular weight is 619 g/mol. The number of nitrogens with one attached hydrogen (secondary N) is 1. The van der Waals surface area contributed by atoms with Crippen LogP contribution < -0.4 is 15.0 Å². The van der Waals surface area contributed by atoms with Gasteiger partial charge in [-0.15, -0.1) is 0 Å². The van der Waals surface area contributed by atoms with Crippen molar-refractivity contribution in [3.63, 3.8) is 0 Å². The van der Waals surface area contributed by atoms with Gasteiger partial charge in [0.2, 0.25) is 0 Å². The Balaban J connectivity index is 1.69. The Labute approximate surface area is 220 Å². The molecule has 1 N–H and O–H groups in total. The van der Waals surface area contributed by atoms with Gasteiger partial charge in [0.15, 0.2) is 0 Å². The number of carbonyl (C=O) groups is 3. The number of imide groups is 2. The van der Waals surface area contributed by atoms with Crippen LogP contribution in [0.5, 0.6) is 5.75 Å². The van der Waals surface area contributed by atoms with Crippen LogP contribution in [0.3, 0.4) is 0 Å². The van der Waals surface area contributed by atoms with Gasteiger partial charge in [0.05, 0.1) is 15.1 Å². The summed E-state index contributed by atoms with van der Waals surface area (Å²) in [7, 11) is 0. The summed E-state index contributed by atoms with van der Waals surface area (Å²) < 4.78 is 20.2. The lowest BCUT2D eigenvalue weighted by Gasteiger charge is -2.26. The Kier molecular flexibility index (Phi) is 7.27. The number of ether oxygens (including phenoxy) is 1. The van der Waals surface area contributed by atoms with Crippen molar-refractivity contribution < 1.29 is 28.4 Å². The number of anilines is 1. The molecule has 0 unspecified atom stereocenters. The number of rotatable bonds is 6. The zero-order valence-electron chi connectivity index (χ0n) is 18.0. The highest BCUT2D eigenvalue weighted by Crippen LogP contribution is 2.36. The number of amides is 4. The summed E-state index contributed by atoms with van der Waals surface area (Å²) in [6.07, 6.45) is 1.28. The number of nitro benzene ring substituents is 1. The monoisotopic (exact) mass is 617 g/mol. The molecule has 1 heterocycles. The Hall–Kier alpha value is -3.90. The standard InChI is InChI=1S/C24H14Br2FN3O6/c25-15-9-14(21(20(26)11-15)36-12-13-1-3-16(27)4-2-13)10-19-22(31)28-24(33)29(23(19)32)17-5-7-18(8-6-17)30(34)35/h1-11H,12H2,(H,28,31,33)/b19-10+. The number of halogens is 3. The van der Waals surface area contributed by atoms with Crippen molar-refractivity contribution >= 4 is 67.2 Å². The van der Waals surface area contributed by atoms with Gasteiger partial charge in [-0.3, -0.25) is 25.0 Å². The molecule has 1 aliphatic heterocycles. The van der Waals surface area contributed by atoms with Crippen molar-refractivity contribution in [1.82, 2.24) is 5.32 Å². The van der Waals surface area contributed by atoms with Gasteiger partial charge in [0.1, 0.15) is 23.7 Å². The Morgan fingerprint density at radius 1 is 1.03 bits per heavy atom. The normalized spacial score (nSPS) is 14.7. The first-order valence-electron chi connectivity index (χ1n) is 10.2. The second kappa shape index (κ2) is 10.4. The number of barbiturate groups is 1. The summed E-state index contributed by atoms with van der Waals surface area (Å²) in [5, 5.41) is 13.0. The predicted molar refractivity (Wildman–Crippen MR) is 135 cm³/mol. The van der Waals surface area contributed by atoms with Crippen molar-refractivity contribution in [2.75, 3.05) is 4.90 Å². The largest absolute Gasteiger partial charge is 0.487 e. The van der Waals surface area contributed by atoms with Crippen molar-refractivity contribution in [1.29, 1.82) is 0 Å². The van der Waals surface area contributed by atoms with E-state index in [1.165, 1.54) is 30.3 Å². The molecule has 4 rings (SSSR count). The Bertz CT molecular complexity index is 1430. The van der Waals surface area contributed by atoms with Gasteiger partial charge < -0.3 is 4.74 Å². The van der Waals surface area contributed by atoms with E-state index in [1.54, 1.807) is 24.3 Å². The summed E-state index contributed by atoms with van der Waals surface area (Å²) >= 11 is 6.77.